The zero-order valence-corrected chi connectivity index (χ0v) is 15.3. The predicted octanol–water partition coefficient (Wildman–Crippen LogP) is 4.65. The maximum Gasteiger partial charge on any atom is 0.354 e. The van der Waals surface area contributed by atoms with Gasteiger partial charge in [-0.1, -0.05) is 41.9 Å². The fourth-order valence-electron chi connectivity index (χ4n) is 3.18. The SMILES string of the molecule is Cc1ccccc1-c1nn2cc(Cl)ccc2c1Cc1cccc(C(=O)O)n1. The minimum Gasteiger partial charge on any atom is -0.477 e. The van der Waals surface area contributed by atoms with E-state index in [1.165, 1.54) is 6.07 Å². The predicted molar refractivity (Wildman–Crippen MR) is 104 cm³/mol. The Kier molecular flexibility index (Phi) is 4.38. The number of hydrogen-bond acceptors (Lipinski definition) is 3. The van der Waals surface area contributed by atoms with Gasteiger partial charge in [-0.05, 0) is 36.8 Å². The maximum atomic E-state index is 11.2. The number of aromatic carboxylic acids is 1. The topological polar surface area (TPSA) is 67.5 Å². The van der Waals surface area contributed by atoms with E-state index in [0.717, 1.165) is 27.9 Å². The number of carboxylic acid groups (broad SMARTS) is 1. The molecular weight excluding hydrogens is 362 g/mol. The minimum absolute atomic E-state index is 0.0319. The lowest BCUT2D eigenvalue weighted by atomic mass is 9.99. The normalized spacial score (nSPS) is 11.0. The van der Waals surface area contributed by atoms with Gasteiger partial charge in [0.15, 0.2) is 0 Å². The third-order valence-electron chi connectivity index (χ3n) is 4.48. The van der Waals surface area contributed by atoms with Gasteiger partial charge in [0.1, 0.15) is 5.69 Å². The van der Waals surface area contributed by atoms with E-state index in [2.05, 4.69) is 4.98 Å². The summed E-state index contributed by atoms with van der Waals surface area (Å²) in [6.07, 6.45) is 2.24. The molecule has 4 rings (SSSR count). The van der Waals surface area contributed by atoms with Crippen LogP contribution in [0.5, 0.6) is 0 Å². The third-order valence-corrected chi connectivity index (χ3v) is 4.70. The monoisotopic (exact) mass is 377 g/mol. The van der Waals surface area contributed by atoms with Crippen molar-refractivity contribution in [1.29, 1.82) is 0 Å². The first-order valence-corrected chi connectivity index (χ1v) is 8.83. The number of nitrogens with zero attached hydrogens (tertiary/aromatic N) is 3. The lowest BCUT2D eigenvalue weighted by molar-refractivity contribution is 0.0690. The number of aryl methyl sites for hydroxylation is 1. The van der Waals surface area contributed by atoms with Crippen LogP contribution in [0.3, 0.4) is 0 Å². The first-order chi connectivity index (χ1) is 13.0. The van der Waals surface area contributed by atoms with Crippen LogP contribution in [0, 0.1) is 6.92 Å². The molecule has 0 aliphatic heterocycles. The van der Waals surface area contributed by atoms with E-state index in [9.17, 15) is 9.90 Å². The highest BCUT2D eigenvalue weighted by molar-refractivity contribution is 6.30. The van der Waals surface area contributed by atoms with E-state index in [4.69, 9.17) is 16.7 Å². The Morgan fingerprint density at radius 3 is 2.70 bits per heavy atom. The summed E-state index contributed by atoms with van der Waals surface area (Å²) < 4.78 is 1.76. The van der Waals surface area contributed by atoms with E-state index >= 15 is 0 Å². The van der Waals surface area contributed by atoms with Crippen molar-refractivity contribution >= 4 is 23.1 Å². The molecule has 6 heteroatoms. The fourth-order valence-corrected chi connectivity index (χ4v) is 3.34. The van der Waals surface area contributed by atoms with Crippen LogP contribution in [0.2, 0.25) is 5.02 Å². The van der Waals surface area contributed by atoms with Crippen molar-refractivity contribution in [1.82, 2.24) is 14.6 Å². The van der Waals surface area contributed by atoms with Gasteiger partial charge in [-0.25, -0.2) is 14.3 Å². The minimum atomic E-state index is -1.04. The number of halogens is 1. The molecule has 134 valence electrons. The van der Waals surface area contributed by atoms with Crippen molar-refractivity contribution in [3.05, 3.63) is 88.3 Å². The van der Waals surface area contributed by atoms with Crippen LogP contribution in [0.25, 0.3) is 16.8 Å². The highest BCUT2D eigenvalue weighted by Gasteiger charge is 2.17. The molecule has 3 aromatic heterocycles. The average Bonchev–Trinajstić information content (AvgIpc) is 2.99. The number of carbonyl (C=O) groups is 1. The van der Waals surface area contributed by atoms with Crippen molar-refractivity contribution < 1.29 is 9.90 Å². The van der Waals surface area contributed by atoms with Gasteiger partial charge >= 0.3 is 5.97 Å². The Morgan fingerprint density at radius 1 is 1.11 bits per heavy atom. The molecule has 27 heavy (non-hydrogen) atoms. The van der Waals surface area contributed by atoms with Crippen molar-refractivity contribution in [2.45, 2.75) is 13.3 Å². The molecule has 3 heterocycles. The number of benzene rings is 1. The Labute approximate surface area is 160 Å². The summed E-state index contributed by atoms with van der Waals surface area (Å²) in [6, 6.07) is 16.8. The number of aromatic nitrogens is 3. The summed E-state index contributed by atoms with van der Waals surface area (Å²) >= 11 is 6.13. The molecule has 0 fully saturated rings. The van der Waals surface area contributed by atoms with Crippen LogP contribution >= 0.6 is 11.6 Å². The molecule has 0 bridgehead atoms. The van der Waals surface area contributed by atoms with Gasteiger partial charge in [-0.15, -0.1) is 0 Å². The van der Waals surface area contributed by atoms with Crippen LogP contribution in [0.4, 0.5) is 0 Å². The van der Waals surface area contributed by atoms with Gasteiger partial charge in [-0.3, -0.25) is 0 Å². The van der Waals surface area contributed by atoms with Crippen molar-refractivity contribution in [2.24, 2.45) is 0 Å². The molecule has 0 aliphatic rings. The van der Waals surface area contributed by atoms with Crippen LogP contribution in [-0.2, 0) is 6.42 Å². The highest BCUT2D eigenvalue weighted by Crippen LogP contribution is 2.31. The number of rotatable bonds is 4. The summed E-state index contributed by atoms with van der Waals surface area (Å²) in [7, 11) is 0. The summed E-state index contributed by atoms with van der Waals surface area (Å²) in [6.45, 7) is 2.04. The summed E-state index contributed by atoms with van der Waals surface area (Å²) in [5.74, 6) is -1.04. The average molecular weight is 378 g/mol. The zero-order valence-electron chi connectivity index (χ0n) is 14.6. The Morgan fingerprint density at radius 2 is 1.93 bits per heavy atom. The molecule has 0 saturated heterocycles. The molecule has 0 saturated carbocycles. The van der Waals surface area contributed by atoms with E-state index in [0.29, 0.717) is 17.1 Å². The Bertz CT molecular complexity index is 1170. The zero-order chi connectivity index (χ0) is 19.0. The molecule has 0 aliphatic carbocycles. The second-order valence-electron chi connectivity index (χ2n) is 6.32. The van der Waals surface area contributed by atoms with E-state index in [1.54, 1.807) is 16.8 Å². The lowest BCUT2D eigenvalue weighted by Crippen LogP contribution is -2.03. The largest absolute Gasteiger partial charge is 0.477 e. The van der Waals surface area contributed by atoms with Gasteiger partial charge in [0, 0.05) is 29.4 Å². The molecule has 1 N–H and O–H groups in total. The van der Waals surface area contributed by atoms with Crippen molar-refractivity contribution in [3.63, 3.8) is 0 Å². The smallest absolute Gasteiger partial charge is 0.354 e. The van der Waals surface area contributed by atoms with Gasteiger partial charge < -0.3 is 5.11 Å². The van der Waals surface area contributed by atoms with E-state index in [-0.39, 0.29) is 5.69 Å². The molecule has 0 atom stereocenters. The van der Waals surface area contributed by atoms with Gasteiger partial charge in [-0.2, -0.15) is 5.10 Å². The van der Waals surface area contributed by atoms with Crippen LogP contribution < -0.4 is 0 Å². The van der Waals surface area contributed by atoms with Crippen LogP contribution in [0.1, 0.15) is 27.3 Å². The molecule has 0 amide bonds. The Hall–Kier alpha value is -3.18. The molecule has 5 nitrogen and oxygen atoms in total. The summed E-state index contributed by atoms with van der Waals surface area (Å²) in [4.78, 5) is 15.5. The standard InChI is InChI=1S/C21H16ClN3O2/c1-13-5-2-3-7-16(13)20-17(19-10-9-14(22)12-25(19)24-20)11-15-6-4-8-18(23-15)21(26)27/h2-10,12H,11H2,1H3,(H,26,27). The van der Waals surface area contributed by atoms with E-state index in [1.807, 2.05) is 49.4 Å². The molecule has 0 spiro atoms. The van der Waals surface area contributed by atoms with Gasteiger partial charge in [0.05, 0.1) is 16.2 Å². The maximum absolute atomic E-state index is 11.2. The number of fused-ring (bicyclic) bond motifs is 1. The van der Waals surface area contributed by atoms with Gasteiger partial charge in [0.25, 0.3) is 0 Å². The fraction of sp³-hybridized carbons (Fsp3) is 0.0952. The Balaban J connectivity index is 1.90. The first-order valence-electron chi connectivity index (χ1n) is 8.45. The lowest BCUT2D eigenvalue weighted by Gasteiger charge is -2.07. The van der Waals surface area contributed by atoms with Crippen molar-refractivity contribution in [2.75, 3.05) is 0 Å². The summed E-state index contributed by atoms with van der Waals surface area (Å²) in [5.41, 5.74) is 5.59. The molecule has 0 radical (unpaired) electrons. The number of pyridine rings is 2. The van der Waals surface area contributed by atoms with E-state index < -0.39 is 5.97 Å². The first kappa shape index (κ1) is 17.2. The molecule has 1 aromatic carbocycles. The molecule has 0 unspecified atom stereocenters. The highest BCUT2D eigenvalue weighted by atomic mass is 35.5. The van der Waals surface area contributed by atoms with Crippen molar-refractivity contribution in [3.8, 4) is 11.3 Å². The third kappa shape index (κ3) is 3.29. The second-order valence-corrected chi connectivity index (χ2v) is 6.75. The summed E-state index contributed by atoms with van der Waals surface area (Å²) in [5, 5.41) is 14.6. The number of carboxylic acids is 1. The molecular formula is C21H16ClN3O2. The van der Waals surface area contributed by atoms with Crippen LogP contribution in [-0.4, -0.2) is 25.7 Å². The second kappa shape index (κ2) is 6.85. The quantitative estimate of drug-likeness (QED) is 0.562. The van der Waals surface area contributed by atoms with Gasteiger partial charge in [0.2, 0.25) is 0 Å². The number of hydrogen-bond donors (Lipinski definition) is 1. The molecule has 4 aromatic rings. The van der Waals surface area contributed by atoms with Crippen LogP contribution in [0.15, 0.2) is 60.8 Å².